The summed E-state index contributed by atoms with van der Waals surface area (Å²) in [4.78, 5) is 11.6. The van der Waals surface area contributed by atoms with E-state index in [1.807, 2.05) is 30.3 Å². The van der Waals surface area contributed by atoms with Gasteiger partial charge < -0.3 is 9.84 Å². The number of rotatable bonds is 13. The molecule has 0 amide bonds. The van der Waals surface area contributed by atoms with Gasteiger partial charge in [0.15, 0.2) is 0 Å². The molecule has 0 fully saturated rings. The van der Waals surface area contributed by atoms with Gasteiger partial charge in [0.05, 0.1) is 0 Å². The van der Waals surface area contributed by atoms with Crippen molar-refractivity contribution < 1.29 is 14.6 Å². The van der Waals surface area contributed by atoms with Gasteiger partial charge in [-0.05, 0) is 18.4 Å². The zero-order chi connectivity index (χ0) is 15.9. The van der Waals surface area contributed by atoms with Gasteiger partial charge in [-0.1, -0.05) is 75.3 Å². The average molecular weight is 306 g/mol. The summed E-state index contributed by atoms with van der Waals surface area (Å²) in [5.41, 5.74) is 1.04. The van der Waals surface area contributed by atoms with E-state index in [0.29, 0.717) is 19.6 Å². The van der Waals surface area contributed by atoms with Crippen LogP contribution in [0.15, 0.2) is 30.3 Å². The zero-order valence-electron chi connectivity index (χ0n) is 13.6. The Morgan fingerprint density at radius 2 is 1.36 bits per heavy atom. The highest BCUT2D eigenvalue weighted by molar-refractivity contribution is 5.69. The fourth-order valence-corrected chi connectivity index (χ4v) is 2.43. The Hall–Kier alpha value is -1.35. The van der Waals surface area contributed by atoms with Crippen molar-refractivity contribution in [2.45, 2.75) is 70.8 Å². The van der Waals surface area contributed by atoms with E-state index in [1.54, 1.807) is 0 Å². The summed E-state index contributed by atoms with van der Waals surface area (Å²) in [5, 5.41) is 8.68. The van der Waals surface area contributed by atoms with Gasteiger partial charge in [0.1, 0.15) is 6.61 Å². The molecule has 0 heterocycles. The molecule has 3 heteroatoms. The quantitative estimate of drug-likeness (QED) is 0.427. The van der Waals surface area contributed by atoms with Gasteiger partial charge in [-0.3, -0.25) is 4.79 Å². The van der Waals surface area contributed by atoms with Crippen LogP contribution >= 0.6 is 0 Å². The molecule has 0 atom stereocenters. The van der Waals surface area contributed by atoms with E-state index >= 15 is 0 Å². The fraction of sp³-hybridized carbons (Fsp3) is 0.632. The first-order valence-electron chi connectivity index (χ1n) is 8.63. The molecule has 0 aliphatic carbocycles. The second-order valence-electron chi connectivity index (χ2n) is 5.80. The van der Waals surface area contributed by atoms with Crippen molar-refractivity contribution in [2.24, 2.45) is 0 Å². The van der Waals surface area contributed by atoms with Crippen LogP contribution in [0.4, 0.5) is 0 Å². The predicted molar refractivity (Wildman–Crippen MR) is 89.5 cm³/mol. The average Bonchev–Trinajstić information content (AvgIpc) is 2.55. The summed E-state index contributed by atoms with van der Waals surface area (Å²) < 4.78 is 5.25. The molecule has 3 nitrogen and oxygen atoms in total. The normalized spacial score (nSPS) is 10.6. The maximum Gasteiger partial charge on any atom is 0.306 e. The maximum absolute atomic E-state index is 11.6. The van der Waals surface area contributed by atoms with Crippen LogP contribution in [-0.4, -0.2) is 17.7 Å². The Balaban J connectivity index is 1.87. The molecule has 1 rings (SSSR count). The predicted octanol–water partition coefficient (Wildman–Crippen LogP) is 4.62. The van der Waals surface area contributed by atoms with Gasteiger partial charge in [-0.25, -0.2) is 0 Å². The van der Waals surface area contributed by atoms with Crippen LogP contribution in [0.5, 0.6) is 0 Å². The van der Waals surface area contributed by atoms with Gasteiger partial charge in [0, 0.05) is 13.0 Å². The van der Waals surface area contributed by atoms with Gasteiger partial charge in [0.2, 0.25) is 0 Å². The van der Waals surface area contributed by atoms with Crippen LogP contribution < -0.4 is 0 Å². The number of carbonyl (C=O) groups is 1. The SMILES string of the molecule is O=C(CCCCCCCCCCCO)OCc1ccccc1. The minimum Gasteiger partial charge on any atom is -0.461 e. The van der Waals surface area contributed by atoms with Crippen LogP contribution in [-0.2, 0) is 16.1 Å². The van der Waals surface area contributed by atoms with Crippen LogP contribution in [0.3, 0.4) is 0 Å². The van der Waals surface area contributed by atoms with Crippen LogP contribution in [0.25, 0.3) is 0 Å². The fourth-order valence-electron chi connectivity index (χ4n) is 2.43. The number of esters is 1. The highest BCUT2D eigenvalue weighted by atomic mass is 16.5. The summed E-state index contributed by atoms with van der Waals surface area (Å²) in [7, 11) is 0. The number of hydrogen-bond acceptors (Lipinski definition) is 3. The molecule has 0 aliphatic heterocycles. The van der Waals surface area contributed by atoms with E-state index in [4.69, 9.17) is 9.84 Å². The third kappa shape index (κ3) is 10.4. The first-order valence-corrected chi connectivity index (χ1v) is 8.63. The molecule has 0 saturated heterocycles. The van der Waals surface area contributed by atoms with E-state index in [2.05, 4.69) is 0 Å². The lowest BCUT2D eigenvalue weighted by molar-refractivity contribution is -0.145. The Morgan fingerprint density at radius 1 is 0.818 bits per heavy atom. The first-order chi connectivity index (χ1) is 10.8. The minimum atomic E-state index is -0.0899. The van der Waals surface area contributed by atoms with Gasteiger partial charge in [-0.2, -0.15) is 0 Å². The van der Waals surface area contributed by atoms with E-state index in [1.165, 1.54) is 32.1 Å². The van der Waals surface area contributed by atoms with E-state index in [9.17, 15) is 4.79 Å². The van der Waals surface area contributed by atoms with Crippen molar-refractivity contribution in [2.75, 3.05) is 6.61 Å². The van der Waals surface area contributed by atoms with Crippen molar-refractivity contribution in [1.29, 1.82) is 0 Å². The lowest BCUT2D eigenvalue weighted by Gasteiger charge is -2.05. The number of unbranched alkanes of at least 4 members (excludes halogenated alkanes) is 8. The topological polar surface area (TPSA) is 46.5 Å². The highest BCUT2D eigenvalue weighted by Crippen LogP contribution is 2.11. The molecule has 0 radical (unpaired) electrons. The molecule has 1 aromatic rings. The van der Waals surface area contributed by atoms with E-state index in [-0.39, 0.29) is 5.97 Å². The standard InChI is InChI=1S/C19H30O3/c20-16-12-7-5-3-1-2-4-6-11-15-19(21)22-17-18-13-9-8-10-14-18/h8-10,13-14,20H,1-7,11-12,15-17H2. The van der Waals surface area contributed by atoms with E-state index < -0.39 is 0 Å². The second kappa shape index (κ2) is 13.3. The lowest BCUT2D eigenvalue weighted by Crippen LogP contribution is -2.04. The molecule has 0 unspecified atom stereocenters. The zero-order valence-corrected chi connectivity index (χ0v) is 13.6. The summed E-state index contributed by atoms with van der Waals surface area (Å²) in [6, 6.07) is 9.79. The largest absolute Gasteiger partial charge is 0.461 e. The number of aliphatic hydroxyl groups is 1. The number of hydrogen-bond donors (Lipinski definition) is 1. The van der Waals surface area contributed by atoms with Crippen LogP contribution in [0.1, 0.15) is 69.8 Å². The van der Waals surface area contributed by atoms with Crippen molar-refractivity contribution in [3.63, 3.8) is 0 Å². The highest BCUT2D eigenvalue weighted by Gasteiger charge is 2.03. The maximum atomic E-state index is 11.6. The molecule has 0 saturated carbocycles. The Bertz CT molecular complexity index is 376. The Morgan fingerprint density at radius 3 is 1.95 bits per heavy atom. The molecule has 0 aromatic heterocycles. The van der Waals surface area contributed by atoms with Crippen molar-refractivity contribution in [1.82, 2.24) is 0 Å². The Labute approximate surface area is 134 Å². The van der Waals surface area contributed by atoms with Crippen molar-refractivity contribution in [3.05, 3.63) is 35.9 Å². The molecule has 0 spiro atoms. The molecule has 124 valence electrons. The summed E-state index contributed by atoms with van der Waals surface area (Å²) in [5.74, 6) is -0.0899. The first kappa shape index (κ1) is 18.7. The monoisotopic (exact) mass is 306 g/mol. The number of carbonyl (C=O) groups excluding carboxylic acids is 1. The second-order valence-corrected chi connectivity index (χ2v) is 5.80. The summed E-state index contributed by atoms with van der Waals surface area (Å²) >= 11 is 0. The smallest absolute Gasteiger partial charge is 0.306 e. The third-order valence-electron chi connectivity index (χ3n) is 3.78. The summed E-state index contributed by atoms with van der Waals surface area (Å²) in [6.45, 7) is 0.702. The molecule has 22 heavy (non-hydrogen) atoms. The van der Waals surface area contributed by atoms with Gasteiger partial charge in [0.25, 0.3) is 0 Å². The number of benzene rings is 1. The molecule has 0 bridgehead atoms. The molecular formula is C19H30O3. The van der Waals surface area contributed by atoms with Crippen molar-refractivity contribution in [3.8, 4) is 0 Å². The van der Waals surface area contributed by atoms with Gasteiger partial charge >= 0.3 is 5.97 Å². The van der Waals surface area contributed by atoms with Crippen LogP contribution in [0, 0.1) is 0 Å². The number of ether oxygens (including phenoxy) is 1. The van der Waals surface area contributed by atoms with E-state index in [0.717, 1.165) is 31.2 Å². The third-order valence-corrected chi connectivity index (χ3v) is 3.78. The van der Waals surface area contributed by atoms with Crippen molar-refractivity contribution >= 4 is 5.97 Å². The van der Waals surface area contributed by atoms with Gasteiger partial charge in [-0.15, -0.1) is 0 Å². The molecule has 1 aromatic carbocycles. The molecule has 1 N–H and O–H groups in total. The lowest BCUT2D eigenvalue weighted by atomic mass is 10.1. The Kier molecular flexibility index (Phi) is 11.3. The summed E-state index contributed by atoms with van der Waals surface area (Å²) in [6.07, 6.45) is 10.9. The number of aliphatic hydroxyl groups excluding tert-OH is 1. The minimum absolute atomic E-state index is 0.0899. The molecule has 0 aliphatic rings. The van der Waals surface area contributed by atoms with Crippen LogP contribution in [0.2, 0.25) is 0 Å². The molecular weight excluding hydrogens is 276 g/mol.